The second-order valence-corrected chi connectivity index (χ2v) is 5.18. The number of amides is 1. The van der Waals surface area contributed by atoms with Crippen LogP contribution in [0, 0.1) is 0 Å². The molecular weight excluding hydrogens is 296 g/mol. The fourth-order valence-electron chi connectivity index (χ4n) is 2.37. The van der Waals surface area contributed by atoms with Crippen LogP contribution >= 0.6 is 0 Å². The molecule has 2 atom stereocenters. The Bertz CT molecular complexity index is 544. The van der Waals surface area contributed by atoms with Crippen molar-refractivity contribution in [1.29, 1.82) is 0 Å². The third kappa shape index (κ3) is 4.24. The molecule has 7 heteroatoms. The average molecular weight is 313 g/mol. The highest BCUT2D eigenvalue weighted by atomic mass is 19.3. The van der Waals surface area contributed by atoms with E-state index in [0.29, 0.717) is 13.2 Å². The van der Waals surface area contributed by atoms with E-state index in [0.717, 1.165) is 12.0 Å². The molecule has 1 saturated heterocycles. The van der Waals surface area contributed by atoms with Crippen LogP contribution in [0.3, 0.4) is 0 Å². The smallest absolute Gasteiger partial charge is 0.326 e. The number of rotatable bonds is 6. The van der Waals surface area contributed by atoms with Gasteiger partial charge in [-0.25, -0.2) is 13.6 Å². The van der Waals surface area contributed by atoms with Gasteiger partial charge in [-0.3, -0.25) is 4.79 Å². The summed E-state index contributed by atoms with van der Waals surface area (Å²) in [6.07, 6.45) is -2.87. The maximum atomic E-state index is 12.3. The molecule has 1 aliphatic heterocycles. The molecule has 0 bridgehead atoms. The largest absolute Gasteiger partial charge is 0.480 e. The van der Waals surface area contributed by atoms with E-state index in [9.17, 15) is 18.4 Å². The van der Waals surface area contributed by atoms with Gasteiger partial charge in [0.2, 0.25) is 6.43 Å². The van der Waals surface area contributed by atoms with Gasteiger partial charge in [-0.2, -0.15) is 0 Å². The molecule has 1 fully saturated rings. The van der Waals surface area contributed by atoms with Crippen molar-refractivity contribution in [3.05, 3.63) is 35.4 Å². The van der Waals surface area contributed by atoms with Crippen molar-refractivity contribution in [2.75, 3.05) is 13.2 Å². The molecule has 2 rings (SSSR count). The molecule has 120 valence electrons. The van der Waals surface area contributed by atoms with Crippen molar-refractivity contribution >= 4 is 11.9 Å². The van der Waals surface area contributed by atoms with Crippen molar-refractivity contribution in [2.45, 2.75) is 31.2 Å². The molecule has 0 saturated carbocycles. The number of carbonyl (C=O) groups is 2. The molecular formula is C15H17F2NO4. The van der Waals surface area contributed by atoms with E-state index >= 15 is 0 Å². The van der Waals surface area contributed by atoms with Crippen LogP contribution in [-0.4, -0.2) is 42.7 Å². The quantitative estimate of drug-likeness (QED) is 0.842. The molecule has 0 aromatic heterocycles. The summed E-state index contributed by atoms with van der Waals surface area (Å²) in [5.74, 6) is -1.95. The zero-order chi connectivity index (χ0) is 16.1. The average Bonchev–Trinajstić information content (AvgIpc) is 3.00. The van der Waals surface area contributed by atoms with Crippen LogP contribution < -0.4 is 5.32 Å². The van der Waals surface area contributed by atoms with Crippen molar-refractivity contribution < 1.29 is 28.2 Å². The minimum Gasteiger partial charge on any atom is -0.480 e. The number of carboxylic acids is 1. The SMILES string of the molecule is O=C(NC(CC(F)F)C(=O)O)c1cccc(C2CCOC2)c1. The first-order valence-corrected chi connectivity index (χ1v) is 6.97. The monoisotopic (exact) mass is 313 g/mol. The standard InChI is InChI=1S/C15H17F2NO4/c16-13(17)7-12(15(20)21)18-14(19)10-3-1-2-9(6-10)11-4-5-22-8-11/h1-3,6,11-13H,4-5,7-8H2,(H,18,19)(H,20,21). The van der Waals surface area contributed by atoms with Crippen LogP contribution in [0.4, 0.5) is 8.78 Å². The first-order chi connectivity index (χ1) is 10.5. The molecule has 1 heterocycles. The first kappa shape index (κ1) is 16.4. The number of aliphatic carboxylic acids is 1. The lowest BCUT2D eigenvalue weighted by Gasteiger charge is -2.15. The van der Waals surface area contributed by atoms with Crippen molar-refractivity contribution in [2.24, 2.45) is 0 Å². The third-order valence-electron chi connectivity index (χ3n) is 3.57. The first-order valence-electron chi connectivity index (χ1n) is 6.97. The summed E-state index contributed by atoms with van der Waals surface area (Å²) in [5.41, 5.74) is 1.18. The third-order valence-corrected chi connectivity index (χ3v) is 3.57. The predicted molar refractivity (Wildman–Crippen MR) is 74.1 cm³/mol. The van der Waals surface area contributed by atoms with E-state index in [1.165, 1.54) is 6.07 Å². The fourth-order valence-corrected chi connectivity index (χ4v) is 2.37. The lowest BCUT2D eigenvalue weighted by atomic mass is 9.96. The number of carbonyl (C=O) groups excluding carboxylic acids is 1. The van der Waals surface area contributed by atoms with Crippen molar-refractivity contribution in [3.63, 3.8) is 0 Å². The minimum atomic E-state index is -2.80. The Labute approximate surface area is 126 Å². The number of halogens is 2. The summed E-state index contributed by atoms with van der Waals surface area (Å²) in [7, 11) is 0. The van der Waals surface area contributed by atoms with Gasteiger partial charge in [0.15, 0.2) is 0 Å². The van der Waals surface area contributed by atoms with E-state index < -0.39 is 30.8 Å². The van der Waals surface area contributed by atoms with E-state index in [-0.39, 0.29) is 11.5 Å². The molecule has 2 unspecified atom stereocenters. The number of carboxylic acid groups (broad SMARTS) is 1. The highest BCUT2D eigenvalue weighted by Crippen LogP contribution is 2.25. The maximum absolute atomic E-state index is 12.3. The van der Waals surface area contributed by atoms with Crippen molar-refractivity contribution in [1.82, 2.24) is 5.32 Å². The second-order valence-electron chi connectivity index (χ2n) is 5.18. The normalized spacial score (nSPS) is 19.1. The molecule has 2 N–H and O–H groups in total. The van der Waals surface area contributed by atoms with Crippen molar-refractivity contribution in [3.8, 4) is 0 Å². The summed E-state index contributed by atoms with van der Waals surface area (Å²) in [4.78, 5) is 23.0. The Morgan fingerprint density at radius 3 is 2.77 bits per heavy atom. The van der Waals surface area contributed by atoms with Gasteiger partial charge in [-0.15, -0.1) is 0 Å². The molecule has 1 amide bonds. The molecule has 0 aliphatic carbocycles. The summed E-state index contributed by atoms with van der Waals surface area (Å²) < 4.78 is 30.0. The minimum absolute atomic E-state index is 0.198. The Kier molecular flexibility index (Phi) is 5.43. The Hall–Kier alpha value is -2.02. The Morgan fingerprint density at radius 1 is 1.41 bits per heavy atom. The molecule has 5 nitrogen and oxygen atoms in total. The second kappa shape index (κ2) is 7.31. The number of alkyl halides is 2. The highest BCUT2D eigenvalue weighted by Gasteiger charge is 2.25. The summed E-state index contributed by atoms with van der Waals surface area (Å²) >= 11 is 0. The van der Waals surface area contributed by atoms with Crippen LogP contribution in [0.2, 0.25) is 0 Å². The van der Waals surface area contributed by atoms with Gasteiger partial charge >= 0.3 is 5.97 Å². The topological polar surface area (TPSA) is 75.6 Å². The van der Waals surface area contributed by atoms with Crippen LogP contribution in [0.25, 0.3) is 0 Å². The number of hydrogen-bond donors (Lipinski definition) is 2. The number of benzene rings is 1. The summed E-state index contributed by atoms with van der Waals surface area (Å²) in [5, 5.41) is 11.0. The zero-order valence-corrected chi connectivity index (χ0v) is 11.8. The van der Waals surface area contributed by atoms with Gasteiger partial charge in [0.1, 0.15) is 6.04 Å². The number of ether oxygens (including phenoxy) is 1. The number of hydrogen-bond acceptors (Lipinski definition) is 3. The van der Waals surface area contributed by atoms with E-state index in [2.05, 4.69) is 5.32 Å². The van der Waals surface area contributed by atoms with Crippen LogP contribution in [0.15, 0.2) is 24.3 Å². The van der Waals surface area contributed by atoms with Gasteiger partial charge in [0.05, 0.1) is 6.61 Å². The van der Waals surface area contributed by atoms with Crippen LogP contribution in [-0.2, 0) is 9.53 Å². The summed E-state index contributed by atoms with van der Waals surface area (Å²) in [6, 6.07) is 5.12. The molecule has 1 aromatic rings. The lowest BCUT2D eigenvalue weighted by molar-refractivity contribution is -0.140. The van der Waals surface area contributed by atoms with Gasteiger partial charge < -0.3 is 15.2 Å². The molecule has 1 aliphatic rings. The molecule has 0 radical (unpaired) electrons. The molecule has 0 spiro atoms. The Balaban J connectivity index is 2.08. The molecule has 1 aromatic carbocycles. The Morgan fingerprint density at radius 2 is 2.18 bits per heavy atom. The predicted octanol–water partition coefficient (Wildman–Crippen LogP) is 2.03. The van der Waals surface area contributed by atoms with Gasteiger partial charge in [0.25, 0.3) is 5.91 Å². The highest BCUT2D eigenvalue weighted by molar-refractivity contribution is 5.96. The number of nitrogens with one attached hydrogen (secondary N) is 1. The van der Waals surface area contributed by atoms with E-state index in [1.54, 1.807) is 12.1 Å². The summed E-state index contributed by atoms with van der Waals surface area (Å²) in [6.45, 7) is 1.24. The fraction of sp³-hybridized carbons (Fsp3) is 0.467. The molecule has 22 heavy (non-hydrogen) atoms. The maximum Gasteiger partial charge on any atom is 0.326 e. The van der Waals surface area contributed by atoms with E-state index in [4.69, 9.17) is 9.84 Å². The van der Waals surface area contributed by atoms with Crippen LogP contribution in [0.1, 0.15) is 34.7 Å². The van der Waals surface area contributed by atoms with Crippen LogP contribution in [0.5, 0.6) is 0 Å². The van der Waals surface area contributed by atoms with Gasteiger partial charge in [-0.1, -0.05) is 12.1 Å². The van der Waals surface area contributed by atoms with Gasteiger partial charge in [-0.05, 0) is 24.1 Å². The van der Waals surface area contributed by atoms with Gasteiger partial charge in [0, 0.05) is 24.5 Å². The lowest BCUT2D eigenvalue weighted by Crippen LogP contribution is -2.42. The zero-order valence-electron chi connectivity index (χ0n) is 11.8. The van der Waals surface area contributed by atoms with E-state index in [1.807, 2.05) is 6.07 Å².